The first kappa shape index (κ1) is 23.4. The fourth-order valence-corrected chi connectivity index (χ4v) is 4.98. The SMILES string of the molecule is O=C(CC1CCC(Nc2cc(C(F)F)nc3ccc(Cl)cc23)CC1)c1c[nH]c2cccnc2c1=O. The number of fused-ring (bicyclic) bond motifs is 2. The Morgan fingerprint density at radius 3 is 2.74 bits per heavy atom. The largest absolute Gasteiger partial charge is 0.382 e. The number of aromatic nitrogens is 3. The predicted molar refractivity (Wildman–Crippen MR) is 132 cm³/mol. The lowest BCUT2D eigenvalue weighted by molar-refractivity contribution is 0.0947. The van der Waals surface area contributed by atoms with Crippen LogP contribution in [0.5, 0.6) is 0 Å². The van der Waals surface area contributed by atoms with Crippen molar-refractivity contribution in [3.8, 4) is 0 Å². The highest BCUT2D eigenvalue weighted by molar-refractivity contribution is 6.31. The van der Waals surface area contributed by atoms with E-state index in [1.165, 1.54) is 18.5 Å². The molecule has 0 saturated heterocycles. The van der Waals surface area contributed by atoms with Gasteiger partial charge in [0.05, 0.1) is 16.6 Å². The Balaban J connectivity index is 1.26. The van der Waals surface area contributed by atoms with E-state index in [2.05, 4.69) is 20.3 Å². The number of alkyl halides is 2. The van der Waals surface area contributed by atoms with E-state index in [1.807, 2.05) is 0 Å². The van der Waals surface area contributed by atoms with Gasteiger partial charge >= 0.3 is 0 Å². The molecule has 35 heavy (non-hydrogen) atoms. The van der Waals surface area contributed by atoms with Gasteiger partial charge in [0.15, 0.2) is 5.78 Å². The molecule has 0 spiro atoms. The van der Waals surface area contributed by atoms with Gasteiger partial charge in [-0.3, -0.25) is 14.6 Å². The van der Waals surface area contributed by atoms with Crippen LogP contribution in [-0.4, -0.2) is 26.8 Å². The van der Waals surface area contributed by atoms with Crippen LogP contribution in [0.1, 0.15) is 54.6 Å². The monoisotopic (exact) mass is 496 g/mol. The molecule has 3 heterocycles. The quantitative estimate of drug-likeness (QED) is 0.305. The number of Topliss-reactive ketones (excluding diaryl/α,β-unsaturated/α-hetero) is 1. The van der Waals surface area contributed by atoms with Gasteiger partial charge in [0.2, 0.25) is 5.43 Å². The molecule has 0 radical (unpaired) electrons. The Labute approximate surface area is 204 Å². The van der Waals surface area contributed by atoms with Crippen LogP contribution in [0.25, 0.3) is 21.9 Å². The molecule has 1 aromatic carbocycles. The van der Waals surface area contributed by atoms with Crippen molar-refractivity contribution in [2.24, 2.45) is 5.92 Å². The van der Waals surface area contributed by atoms with Crippen molar-refractivity contribution in [1.82, 2.24) is 15.0 Å². The first-order valence-corrected chi connectivity index (χ1v) is 11.9. The molecule has 2 N–H and O–H groups in total. The molecule has 1 fully saturated rings. The van der Waals surface area contributed by atoms with Crippen molar-refractivity contribution < 1.29 is 13.6 Å². The molecule has 3 aromatic heterocycles. The van der Waals surface area contributed by atoms with E-state index in [9.17, 15) is 18.4 Å². The predicted octanol–water partition coefficient (Wildman–Crippen LogP) is 6.31. The highest BCUT2D eigenvalue weighted by atomic mass is 35.5. The molecule has 1 saturated carbocycles. The van der Waals surface area contributed by atoms with Crippen LogP contribution in [-0.2, 0) is 0 Å². The Morgan fingerprint density at radius 2 is 1.97 bits per heavy atom. The normalized spacial score (nSPS) is 18.3. The number of nitrogens with zero attached hydrogens (tertiary/aromatic N) is 2. The summed E-state index contributed by atoms with van der Waals surface area (Å²) in [7, 11) is 0. The Bertz CT molecular complexity index is 1470. The maximum absolute atomic E-state index is 13.4. The summed E-state index contributed by atoms with van der Waals surface area (Å²) in [5.74, 6) is -0.0359. The van der Waals surface area contributed by atoms with E-state index >= 15 is 0 Å². The number of nitrogens with one attached hydrogen (secondary N) is 2. The molecule has 0 amide bonds. The average molecular weight is 497 g/mol. The van der Waals surface area contributed by atoms with Crippen LogP contribution in [0.3, 0.4) is 0 Å². The molecule has 4 aromatic rings. The molecule has 5 rings (SSSR count). The average Bonchev–Trinajstić information content (AvgIpc) is 2.85. The van der Waals surface area contributed by atoms with Crippen molar-refractivity contribution in [3.63, 3.8) is 0 Å². The van der Waals surface area contributed by atoms with Gasteiger partial charge in [0, 0.05) is 41.0 Å². The van der Waals surface area contributed by atoms with Gasteiger partial charge in [-0.05, 0) is 68.0 Å². The van der Waals surface area contributed by atoms with Gasteiger partial charge in [0.1, 0.15) is 11.2 Å². The van der Waals surface area contributed by atoms with Crippen molar-refractivity contribution >= 4 is 45.0 Å². The second-order valence-corrected chi connectivity index (χ2v) is 9.41. The highest BCUT2D eigenvalue weighted by Crippen LogP contribution is 2.34. The highest BCUT2D eigenvalue weighted by Gasteiger charge is 2.26. The first-order valence-electron chi connectivity index (χ1n) is 11.5. The number of hydrogen-bond donors (Lipinski definition) is 2. The smallest absolute Gasteiger partial charge is 0.280 e. The van der Waals surface area contributed by atoms with Gasteiger partial charge in [-0.15, -0.1) is 0 Å². The molecule has 0 atom stereocenters. The van der Waals surface area contributed by atoms with Gasteiger partial charge in [-0.2, -0.15) is 0 Å². The molecule has 9 heteroatoms. The Hall–Kier alpha value is -3.39. The number of carbonyl (C=O) groups is 1. The van der Waals surface area contributed by atoms with Crippen LogP contribution in [0.4, 0.5) is 14.5 Å². The van der Waals surface area contributed by atoms with E-state index in [0.717, 1.165) is 25.7 Å². The fraction of sp³-hybridized carbons (Fsp3) is 0.308. The number of carbonyl (C=O) groups excluding carboxylic acids is 1. The van der Waals surface area contributed by atoms with Gasteiger partial charge < -0.3 is 10.3 Å². The second-order valence-electron chi connectivity index (χ2n) is 8.98. The van der Waals surface area contributed by atoms with Crippen LogP contribution in [0.2, 0.25) is 5.02 Å². The zero-order valence-corrected chi connectivity index (χ0v) is 19.5. The number of rotatable bonds is 6. The van der Waals surface area contributed by atoms with Crippen molar-refractivity contribution in [2.75, 3.05) is 5.32 Å². The number of aromatic amines is 1. The molecule has 0 aliphatic heterocycles. The number of anilines is 1. The number of benzene rings is 1. The topological polar surface area (TPSA) is 87.7 Å². The minimum atomic E-state index is -2.68. The molecule has 6 nitrogen and oxygen atoms in total. The van der Waals surface area contributed by atoms with Crippen LogP contribution < -0.4 is 10.7 Å². The summed E-state index contributed by atoms with van der Waals surface area (Å²) in [4.78, 5) is 36.7. The minimum absolute atomic E-state index is 0.0738. The summed E-state index contributed by atoms with van der Waals surface area (Å²) in [5, 5.41) is 4.61. The summed E-state index contributed by atoms with van der Waals surface area (Å²) in [6, 6.07) is 9.93. The summed E-state index contributed by atoms with van der Waals surface area (Å²) in [6.45, 7) is 0. The summed E-state index contributed by atoms with van der Waals surface area (Å²) in [6.07, 6.45) is 3.76. The Morgan fingerprint density at radius 1 is 1.17 bits per heavy atom. The third-order valence-corrected chi connectivity index (χ3v) is 6.87. The molecular weight excluding hydrogens is 474 g/mol. The third kappa shape index (κ3) is 4.89. The van der Waals surface area contributed by atoms with Crippen molar-refractivity contribution in [2.45, 2.75) is 44.6 Å². The van der Waals surface area contributed by atoms with E-state index in [0.29, 0.717) is 27.1 Å². The lowest BCUT2D eigenvalue weighted by atomic mass is 9.82. The molecular formula is C26H23ClF2N4O2. The first-order chi connectivity index (χ1) is 16.9. The minimum Gasteiger partial charge on any atom is -0.382 e. The maximum atomic E-state index is 13.4. The summed E-state index contributed by atoms with van der Waals surface area (Å²) in [5.41, 5.74) is 1.41. The number of hydrogen-bond acceptors (Lipinski definition) is 5. The lowest BCUT2D eigenvalue weighted by Gasteiger charge is -2.30. The number of pyridine rings is 3. The fourth-order valence-electron chi connectivity index (χ4n) is 4.81. The number of ketones is 1. The van der Waals surface area contributed by atoms with E-state index < -0.39 is 6.43 Å². The lowest BCUT2D eigenvalue weighted by Crippen LogP contribution is -2.28. The molecule has 1 aliphatic rings. The van der Waals surface area contributed by atoms with Gasteiger partial charge in [0.25, 0.3) is 6.43 Å². The molecule has 0 bridgehead atoms. The number of halogens is 3. The standard InChI is InChI=1S/C26H23ClF2N4O2/c27-15-5-8-19-17(11-15)21(12-22(33-19)26(28)29)32-16-6-3-14(4-7-16)10-23(34)18-13-31-20-2-1-9-30-24(20)25(18)35/h1-2,5,8-9,11-14,16,26H,3-4,6-7,10H2,(H,31,35)(H,32,33). The Kier molecular flexibility index (Phi) is 6.47. The van der Waals surface area contributed by atoms with E-state index in [1.54, 1.807) is 30.3 Å². The van der Waals surface area contributed by atoms with Crippen LogP contribution in [0, 0.1) is 5.92 Å². The van der Waals surface area contributed by atoms with Gasteiger partial charge in [-0.25, -0.2) is 13.8 Å². The summed E-state index contributed by atoms with van der Waals surface area (Å²) < 4.78 is 26.8. The van der Waals surface area contributed by atoms with Gasteiger partial charge in [-0.1, -0.05) is 11.6 Å². The third-order valence-electron chi connectivity index (χ3n) is 6.63. The zero-order valence-electron chi connectivity index (χ0n) is 18.7. The van der Waals surface area contributed by atoms with Crippen molar-refractivity contribution in [3.05, 3.63) is 75.3 Å². The van der Waals surface area contributed by atoms with E-state index in [-0.39, 0.29) is 46.4 Å². The second kappa shape index (κ2) is 9.70. The van der Waals surface area contributed by atoms with Crippen LogP contribution >= 0.6 is 11.6 Å². The van der Waals surface area contributed by atoms with Crippen molar-refractivity contribution in [1.29, 1.82) is 0 Å². The molecule has 180 valence electrons. The maximum Gasteiger partial charge on any atom is 0.280 e. The molecule has 1 aliphatic carbocycles. The summed E-state index contributed by atoms with van der Waals surface area (Å²) >= 11 is 6.13. The number of H-pyrrole nitrogens is 1. The molecule has 0 unspecified atom stereocenters. The van der Waals surface area contributed by atoms with E-state index in [4.69, 9.17) is 11.6 Å². The van der Waals surface area contributed by atoms with Crippen LogP contribution in [0.15, 0.2) is 53.6 Å². The zero-order chi connectivity index (χ0) is 24.5.